The standard InChI is InChI=1S/C28H14Cl2N2O6S2/c1-13-6-8-16-20(10-13)40-25(23(16)30)28(34)37-19-5-3-2-4-14(19)11-18-27(33)38-26(31-18)24-22(29)17-9-7-15(32(35)36)12-21(17)39-24/h2-12H,1H3/b18-11+. The first-order valence-electron chi connectivity index (χ1n) is 11.6. The van der Waals surface area contributed by atoms with Gasteiger partial charge in [0.1, 0.15) is 15.5 Å². The number of halogens is 2. The van der Waals surface area contributed by atoms with Crippen LogP contribution in [0.1, 0.15) is 25.7 Å². The average Bonchev–Trinajstić information content (AvgIpc) is 3.57. The monoisotopic (exact) mass is 608 g/mol. The molecule has 8 nitrogen and oxygen atoms in total. The van der Waals surface area contributed by atoms with Crippen LogP contribution in [0.15, 0.2) is 71.4 Å². The van der Waals surface area contributed by atoms with Crippen molar-refractivity contribution < 1.29 is 24.0 Å². The number of nitrogens with zero attached hydrogens (tertiary/aromatic N) is 2. The van der Waals surface area contributed by atoms with Crippen LogP contribution >= 0.6 is 45.9 Å². The molecule has 0 N–H and O–H groups in total. The Morgan fingerprint density at radius 1 is 1.02 bits per heavy atom. The highest BCUT2D eigenvalue weighted by Crippen LogP contribution is 2.40. The van der Waals surface area contributed by atoms with Crippen molar-refractivity contribution in [2.45, 2.75) is 6.92 Å². The van der Waals surface area contributed by atoms with E-state index in [1.165, 1.54) is 29.5 Å². The number of thiophene rings is 2. The summed E-state index contributed by atoms with van der Waals surface area (Å²) in [5, 5.41) is 13.1. The number of nitro groups is 1. The summed E-state index contributed by atoms with van der Waals surface area (Å²) >= 11 is 15.3. The van der Waals surface area contributed by atoms with Crippen LogP contribution in [0.25, 0.3) is 26.2 Å². The molecule has 0 saturated heterocycles. The summed E-state index contributed by atoms with van der Waals surface area (Å²) in [6.45, 7) is 1.96. The molecule has 0 bridgehead atoms. The maximum atomic E-state index is 13.1. The molecular formula is C28H14Cl2N2O6S2. The number of hydrogen-bond acceptors (Lipinski definition) is 9. The first-order valence-corrected chi connectivity index (χ1v) is 14.0. The Morgan fingerprint density at radius 2 is 1.75 bits per heavy atom. The average molecular weight is 609 g/mol. The predicted octanol–water partition coefficient (Wildman–Crippen LogP) is 8.20. The number of para-hydroxylation sites is 1. The van der Waals surface area contributed by atoms with Crippen molar-refractivity contribution in [2.75, 3.05) is 0 Å². The Hall–Kier alpha value is -4.09. The summed E-state index contributed by atoms with van der Waals surface area (Å²) in [7, 11) is 0. The van der Waals surface area contributed by atoms with Crippen LogP contribution in [0.4, 0.5) is 5.69 Å². The molecular weight excluding hydrogens is 595 g/mol. The smallest absolute Gasteiger partial charge is 0.363 e. The minimum absolute atomic E-state index is 0.0214. The Morgan fingerprint density at radius 3 is 2.55 bits per heavy atom. The Kier molecular flexibility index (Phi) is 6.63. The van der Waals surface area contributed by atoms with E-state index in [0.717, 1.165) is 27.0 Å². The van der Waals surface area contributed by atoms with E-state index in [2.05, 4.69) is 4.99 Å². The van der Waals surface area contributed by atoms with E-state index in [1.54, 1.807) is 30.3 Å². The predicted molar refractivity (Wildman–Crippen MR) is 157 cm³/mol. The van der Waals surface area contributed by atoms with E-state index in [4.69, 9.17) is 32.7 Å². The van der Waals surface area contributed by atoms with E-state index < -0.39 is 16.9 Å². The van der Waals surface area contributed by atoms with Gasteiger partial charge in [0.25, 0.3) is 5.69 Å². The minimum atomic E-state index is -0.724. The fourth-order valence-corrected chi connectivity index (χ4v) is 7.06. The molecule has 3 heterocycles. The van der Waals surface area contributed by atoms with Gasteiger partial charge in [-0.25, -0.2) is 14.6 Å². The van der Waals surface area contributed by atoms with Gasteiger partial charge in [-0.15, -0.1) is 22.7 Å². The third-order valence-electron chi connectivity index (χ3n) is 6.02. The van der Waals surface area contributed by atoms with Crippen molar-refractivity contribution in [3.8, 4) is 5.75 Å². The maximum absolute atomic E-state index is 13.1. The Labute approximate surface area is 243 Å². The summed E-state index contributed by atoms with van der Waals surface area (Å²) in [5.41, 5.74) is 1.34. The molecule has 2 aromatic heterocycles. The molecule has 198 valence electrons. The number of esters is 2. The van der Waals surface area contributed by atoms with E-state index >= 15 is 0 Å². The molecule has 0 unspecified atom stereocenters. The third kappa shape index (κ3) is 4.65. The number of fused-ring (bicyclic) bond motifs is 2. The van der Waals surface area contributed by atoms with Gasteiger partial charge < -0.3 is 9.47 Å². The molecule has 0 aliphatic carbocycles. The zero-order chi connectivity index (χ0) is 28.1. The van der Waals surface area contributed by atoms with Gasteiger partial charge in [0, 0.05) is 37.9 Å². The zero-order valence-corrected chi connectivity index (χ0v) is 23.4. The summed E-state index contributed by atoms with van der Waals surface area (Å²) in [6.07, 6.45) is 1.44. The van der Waals surface area contributed by atoms with Gasteiger partial charge in [-0.2, -0.15) is 0 Å². The van der Waals surface area contributed by atoms with Crippen LogP contribution in [-0.2, 0) is 9.53 Å². The molecule has 0 saturated carbocycles. The highest BCUT2D eigenvalue weighted by atomic mass is 35.5. The SMILES string of the molecule is Cc1ccc2c(Cl)c(C(=O)Oc3ccccc3/C=C3/N=C(c4sc5cc([N+](=O)[O-])ccc5c4Cl)OC3=O)sc2c1. The van der Waals surface area contributed by atoms with Gasteiger partial charge in [-0.3, -0.25) is 10.1 Å². The number of cyclic esters (lactones) is 1. The first kappa shape index (κ1) is 26.1. The molecule has 0 atom stereocenters. The van der Waals surface area contributed by atoms with Crippen LogP contribution in [0.3, 0.4) is 0 Å². The van der Waals surface area contributed by atoms with Crippen LogP contribution in [0.5, 0.6) is 5.75 Å². The number of non-ortho nitro benzene ring substituents is 1. The quantitative estimate of drug-likeness (QED) is 0.0654. The van der Waals surface area contributed by atoms with Crippen molar-refractivity contribution in [3.05, 3.63) is 107 Å². The normalized spacial score (nSPS) is 14.1. The molecule has 1 aliphatic heterocycles. The van der Waals surface area contributed by atoms with Crippen LogP contribution in [0.2, 0.25) is 10.0 Å². The fraction of sp³-hybridized carbons (Fsp3) is 0.0357. The molecule has 0 radical (unpaired) electrons. The van der Waals surface area contributed by atoms with Crippen LogP contribution in [0, 0.1) is 17.0 Å². The number of ether oxygens (including phenoxy) is 2. The third-order valence-corrected chi connectivity index (χ3v) is 9.31. The van der Waals surface area contributed by atoms with E-state index in [1.807, 2.05) is 25.1 Å². The van der Waals surface area contributed by atoms with Gasteiger partial charge in [-0.05, 0) is 36.8 Å². The van der Waals surface area contributed by atoms with Crippen LogP contribution < -0.4 is 4.74 Å². The summed E-state index contributed by atoms with van der Waals surface area (Å²) < 4.78 is 12.5. The van der Waals surface area contributed by atoms with E-state index in [9.17, 15) is 19.7 Å². The van der Waals surface area contributed by atoms with Gasteiger partial charge in [-0.1, -0.05) is 53.5 Å². The first-order chi connectivity index (χ1) is 19.2. The molecule has 0 spiro atoms. The van der Waals surface area contributed by atoms with Gasteiger partial charge in [0.15, 0.2) is 5.70 Å². The molecule has 40 heavy (non-hydrogen) atoms. The van der Waals surface area contributed by atoms with Crippen molar-refractivity contribution >= 4 is 95.6 Å². The fourth-order valence-electron chi connectivity index (χ4n) is 4.10. The van der Waals surface area contributed by atoms with Crippen molar-refractivity contribution in [1.82, 2.24) is 0 Å². The number of benzene rings is 3. The lowest BCUT2D eigenvalue weighted by molar-refractivity contribution is -0.384. The second-order valence-corrected chi connectivity index (χ2v) is 11.6. The van der Waals surface area contributed by atoms with Gasteiger partial charge in [0.05, 0.1) is 15.0 Å². The van der Waals surface area contributed by atoms with Crippen molar-refractivity contribution in [1.29, 1.82) is 0 Å². The lowest BCUT2D eigenvalue weighted by Gasteiger charge is -2.07. The van der Waals surface area contributed by atoms with E-state index in [0.29, 0.717) is 25.5 Å². The topological polar surface area (TPSA) is 108 Å². The lowest BCUT2D eigenvalue weighted by Crippen LogP contribution is -2.08. The number of carbonyl (C=O) groups is 2. The molecule has 0 fully saturated rings. The molecule has 3 aromatic carbocycles. The molecule has 6 rings (SSSR count). The number of aliphatic imine (C=N–C) groups is 1. The van der Waals surface area contributed by atoms with Crippen LogP contribution in [-0.4, -0.2) is 22.8 Å². The highest BCUT2D eigenvalue weighted by molar-refractivity contribution is 7.22. The summed E-state index contributed by atoms with van der Waals surface area (Å²) in [5.74, 6) is -1.17. The molecule has 1 aliphatic rings. The van der Waals surface area contributed by atoms with Crippen molar-refractivity contribution in [3.63, 3.8) is 0 Å². The number of rotatable bonds is 5. The molecule has 12 heteroatoms. The molecule has 0 amide bonds. The Balaban J connectivity index is 1.32. The van der Waals surface area contributed by atoms with E-state index in [-0.39, 0.29) is 32.9 Å². The lowest BCUT2D eigenvalue weighted by atomic mass is 10.1. The zero-order valence-electron chi connectivity index (χ0n) is 20.3. The number of hydrogen-bond donors (Lipinski definition) is 0. The van der Waals surface area contributed by atoms with Gasteiger partial charge in [0.2, 0.25) is 5.90 Å². The second-order valence-electron chi connectivity index (χ2n) is 8.69. The van der Waals surface area contributed by atoms with Crippen molar-refractivity contribution in [2.24, 2.45) is 4.99 Å². The summed E-state index contributed by atoms with van der Waals surface area (Å²) in [6, 6.07) is 16.7. The largest absolute Gasteiger partial charge is 0.422 e. The van der Waals surface area contributed by atoms with Gasteiger partial charge >= 0.3 is 11.9 Å². The number of carbonyl (C=O) groups excluding carboxylic acids is 2. The summed E-state index contributed by atoms with van der Waals surface area (Å²) in [4.78, 5) is 41.4. The Bertz CT molecular complexity index is 1970. The second kappa shape index (κ2) is 10.1. The number of aryl methyl sites for hydroxylation is 1. The maximum Gasteiger partial charge on any atom is 0.363 e. The molecule has 5 aromatic rings. The highest BCUT2D eigenvalue weighted by Gasteiger charge is 2.29. The number of nitro benzene ring substituents is 1. The minimum Gasteiger partial charge on any atom is -0.422 e.